The minimum Gasteiger partial charge on any atom is -0.347 e. The normalized spacial score (nSPS) is 10.3. The Labute approximate surface area is 128 Å². The van der Waals surface area contributed by atoms with Crippen LogP contribution < -0.4 is 10.2 Å². The molecule has 0 saturated carbocycles. The van der Waals surface area contributed by atoms with E-state index in [0.717, 1.165) is 5.69 Å². The minimum atomic E-state index is 0.463. The van der Waals surface area contributed by atoms with E-state index in [4.69, 9.17) is 0 Å². The number of hydrogen-bond acceptors (Lipinski definition) is 7. The summed E-state index contributed by atoms with van der Waals surface area (Å²) in [4.78, 5) is 23.4. The summed E-state index contributed by atoms with van der Waals surface area (Å²) >= 11 is 0. The van der Waals surface area contributed by atoms with Crippen LogP contribution in [0, 0.1) is 0 Å². The number of pyridine rings is 2. The van der Waals surface area contributed by atoms with Crippen LogP contribution in [0.2, 0.25) is 0 Å². The second-order valence-corrected chi connectivity index (χ2v) is 4.75. The Bertz CT molecular complexity index is 744. The number of aromatic nitrogens is 5. The van der Waals surface area contributed by atoms with Gasteiger partial charge < -0.3 is 10.2 Å². The van der Waals surface area contributed by atoms with Gasteiger partial charge >= 0.3 is 0 Å². The van der Waals surface area contributed by atoms with E-state index in [0.29, 0.717) is 23.4 Å². The molecule has 3 aromatic heterocycles. The summed E-state index contributed by atoms with van der Waals surface area (Å²) in [6.07, 6.45) is 5.12. The Morgan fingerprint density at radius 1 is 0.909 bits per heavy atom. The van der Waals surface area contributed by atoms with Gasteiger partial charge in [0.15, 0.2) is 5.82 Å². The predicted molar refractivity (Wildman–Crippen MR) is 84.9 cm³/mol. The van der Waals surface area contributed by atoms with Crippen LogP contribution in [0.15, 0.2) is 48.9 Å². The van der Waals surface area contributed by atoms with Crippen LogP contribution in [-0.2, 0) is 0 Å². The Morgan fingerprint density at radius 3 is 2.41 bits per heavy atom. The number of rotatable bonds is 4. The van der Waals surface area contributed by atoms with E-state index in [1.165, 1.54) is 0 Å². The van der Waals surface area contributed by atoms with E-state index in [9.17, 15) is 0 Å². The van der Waals surface area contributed by atoms with Crippen molar-refractivity contribution >= 4 is 17.6 Å². The number of anilines is 3. The third-order valence-corrected chi connectivity index (χ3v) is 2.85. The SMILES string of the molecule is CN(C)c1nc(Nc2ccncc2)nc(-c2ccccn2)n1. The molecule has 7 heteroatoms. The second-order valence-electron chi connectivity index (χ2n) is 4.75. The van der Waals surface area contributed by atoms with Gasteiger partial charge in [0.05, 0.1) is 0 Å². The zero-order valence-electron chi connectivity index (χ0n) is 12.3. The molecule has 0 unspecified atom stereocenters. The van der Waals surface area contributed by atoms with Gasteiger partial charge in [0, 0.05) is 38.4 Å². The molecule has 0 bridgehead atoms. The van der Waals surface area contributed by atoms with Gasteiger partial charge in [-0.15, -0.1) is 0 Å². The van der Waals surface area contributed by atoms with E-state index in [1.54, 1.807) is 18.6 Å². The number of hydrogen-bond donors (Lipinski definition) is 1. The third-order valence-electron chi connectivity index (χ3n) is 2.85. The van der Waals surface area contributed by atoms with Gasteiger partial charge in [-0.3, -0.25) is 9.97 Å². The molecule has 0 radical (unpaired) electrons. The van der Waals surface area contributed by atoms with Crippen LogP contribution in [0.1, 0.15) is 0 Å². The lowest BCUT2D eigenvalue weighted by atomic mass is 10.3. The molecule has 3 rings (SSSR count). The Hall–Kier alpha value is -3.09. The maximum absolute atomic E-state index is 4.44. The van der Waals surface area contributed by atoms with Gasteiger partial charge in [0.25, 0.3) is 0 Å². The van der Waals surface area contributed by atoms with Crippen molar-refractivity contribution in [3.63, 3.8) is 0 Å². The molecular weight excluding hydrogens is 278 g/mol. The van der Waals surface area contributed by atoms with Crippen molar-refractivity contribution in [1.82, 2.24) is 24.9 Å². The van der Waals surface area contributed by atoms with Crippen molar-refractivity contribution in [3.8, 4) is 11.5 Å². The molecule has 0 aliphatic carbocycles. The van der Waals surface area contributed by atoms with Crippen molar-refractivity contribution in [2.45, 2.75) is 0 Å². The van der Waals surface area contributed by atoms with Gasteiger partial charge in [-0.1, -0.05) is 6.07 Å². The molecule has 1 N–H and O–H groups in total. The quantitative estimate of drug-likeness (QED) is 0.789. The van der Waals surface area contributed by atoms with Crippen molar-refractivity contribution < 1.29 is 0 Å². The molecule has 0 saturated heterocycles. The van der Waals surface area contributed by atoms with Crippen molar-refractivity contribution in [3.05, 3.63) is 48.9 Å². The first-order chi connectivity index (χ1) is 10.7. The lowest BCUT2D eigenvalue weighted by molar-refractivity contribution is 0.961. The summed E-state index contributed by atoms with van der Waals surface area (Å²) in [6.45, 7) is 0. The maximum atomic E-state index is 4.44. The van der Waals surface area contributed by atoms with Crippen LogP contribution in [0.25, 0.3) is 11.5 Å². The highest BCUT2D eigenvalue weighted by atomic mass is 15.3. The first-order valence-corrected chi connectivity index (χ1v) is 6.74. The highest BCUT2D eigenvalue weighted by Gasteiger charge is 2.10. The average molecular weight is 293 g/mol. The Morgan fingerprint density at radius 2 is 1.73 bits per heavy atom. The van der Waals surface area contributed by atoms with Gasteiger partial charge in [-0.25, -0.2) is 0 Å². The monoisotopic (exact) mass is 293 g/mol. The van der Waals surface area contributed by atoms with E-state index >= 15 is 0 Å². The minimum absolute atomic E-state index is 0.463. The average Bonchev–Trinajstić information content (AvgIpc) is 2.56. The van der Waals surface area contributed by atoms with E-state index in [1.807, 2.05) is 49.3 Å². The van der Waals surface area contributed by atoms with Crippen molar-refractivity contribution in [2.24, 2.45) is 0 Å². The molecule has 22 heavy (non-hydrogen) atoms. The first-order valence-electron chi connectivity index (χ1n) is 6.74. The molecule has 0 fully saturated rings. The highest BCUT2D eigenvalue weighted by Crippen LogP contribution is 2.19. The van der Waals surface area contributed by atoms with Crippen molar-refractivity contribution in [1.29, 1.82) is 0 Å². The molecule has 0 aromatic carbocycles. The number of nitrogens with one attached hydrogen (secondary N) is 1. The molecule has 0 atom stereocenters. The molecule has 7 nitrogen and oxygen atoms in total. The second kappa shape index (κ2) is 6.13. The molecule has 3 aromatic rings. The molecular formula is C15H15N7. The molecule has 0 spiro atoms. The van der Waals surface area contributed by atoms with E-state index < -0.39 is 0 Å². The maximum Gasteiger partial charge on any atom is 0.232 e. The summed E-state index contributed by atoms with van der Waals surface area (Å²) in [7, 11) is 3.77. The van der Waals surface area contributed by atoms with E-state index in [-0.39, 0.29) is 0 Å². The fourth-order valence-electron chi connectivity index (χ4n) is 1.79. The zero-order chi connectivity index (χ0) is 15.4. The fourth-order valence-corrected chi connectivity index (χ4v) is 1.79. The Balaban J connectivity index is 2.01. The lowest BCUT2D eigenvalue weighted by Gasteiger charge is -2.13. The summed E-state index contributed by atoms with van der Waals surface area (Å²) in [5, 5.41) is 3.15. The standard InChI is InChI=1S/C15H15N7/c1-22(2)15-20-13(12-5-3-4-8-17-12)19-14(21-15)18-11-6-9-16-10-7-11/h3-10H,1-2H3,(H,16,18,19,20,21). The first kappa shape index (κ1) is 13.9. The van der Waals surface area contributed by atoms with Crippen LogP contribution in [-0.4, -0.2) is 39.0 Å². The molecule has 0 aliphatic rings. The molecule has 0 amide bonds. The van der Waals surface area contributed by atoms with E-state index in [2.05, 4.69) is 30.2 Å². The molecule has 110 valence electrons. The highest BCUT2D eigenvalue weighted by molar-refractivity contribution is 5.58. The topological polar surface area (TPSA) is 79.7 Å². The van der Waals surface area contributed by atoms with Crippen LogP contribution in [0.4, 0.5) is 17.6 Å². The smallest absolute Gasteiger partial charge is 0.232 e. The van der Waals surface area contributed by atoms with Crippen LogP contribution >= 0.6 is 0 Å². The van der Waals surface area contributed by atoms with Gasteiger partial charge in [-0.2, -0.15) is 15.0 Å². The van der Waals surface area contributed by atoms with Gasteiger partial charge in [0.2, 0.25) is 11.9 Å². The van der Waals surface area contributed by atoms with Gasteiger partial charge in [-0.05, 0) is 24.3 Å². The summed E-state index contributed by atoms with van der Waals surface area (Å²) in [5.74, 6) is 1.55. The largest absolute Gasteiger partial charge is 0.347 e. The zero-order valence-corrected chi connectivity index (χ0v) is 12.3. The summed E-state index contributed by atoms with van der Waals surface area (Å²) in [6, 6.07) is 9.31. The fraction of sp³-hybridized carbons (Fsp3) is 0.133. The Kier molecular flexibility index (Phi) is 3.86. The summed E-state index contributed by atoms with van der Waals surface area (Å²) < 4.78 is 0. The summed E-state index contributed by atoms with van der Waals surface area (Å²) in [5.41, 5.74) is 1.56. The molecule has 0 aliphatic heterocycles. The third kappa shape index (κ3) is 3.14. The van der Waals surface area contributed by atoms with Crippen LogP contribution in [0.3, 0.4) is 0 Å². The molecule has 3 heterocycles. The van der Waals surface area contributed by atoms with Gasteiger partial charge in [0.1, 0.15) is 5.69 Å². The predicted octanol–water partition coefficient (Wildman–Crippen LogP) is 2.14. The number of nitrogens with zero attached hydrogens (tertiary/aromatic N) is 6. The lowest BCUT2D eigenvalue weighted by Crippen LogP contribution is -2.15. The van der Waals surface area contributed by atoms with Crippen molar-refractivity contribution in [2.75, 3.05) is 24.3 Å². The van der Waals surface area contributed by atoms with Crippen LogP contribution in [0.5, 0.6) is 0 Å².